The van der Waals surface area contributed by atoms with E-state index in [-0.39, 0.29) is 12.1 Å². The van der Waals surface area contributed by atoms with Crippen molar-refractivity contribution in [1.82, 2.24) is 15.1 Å². The molecule has 0 unspecified atom stereocenters. The van der Waals surface area contributed by atoms with Crippen LogP contribution in [0.2, 0.25) is 0 Å². The topological polar surface area (TPSA) is 59.0 Å². The maximum absolute atomic E-state index is 13.6. The molecule has 1 heterocycles. The fraction of sp³-hybridized carbons (Fsp3) is 0.200. The van der Waals surface area contributed by atoms with Gasteiger partial charge in [0.15, 0.2) is 0 Å². The molecule has 138 valence electrons. The lowest BCUT2D eigenvalue weighted by atomic mass is 9.93. The van der Waals surface area contributed by atoms with Crippen molar-refractivity contribution in [3.63, 3.8) is 0 Å². The summed E-state index contributed by atoms with van der Waals surface area (Å²) in [7, 11) is 0. The van der Waals surface area contributed by atoms with E-state index in [0.717, 1.165) is 36.6 Å². The Labute approximate surface area is 155 Å². The summed E-state index contributed by atoms with van der Waals surface area (Å²) in [6.07, 6.45) is 4.00. The Morgan fingerprint density at radius 1 is 1.11 bits per heavy atom. The molecule has 7 heteroatoms. The van der Waals surface area contributed by atoms with Gasteiger partial charge in [0.05, 0.1) is 17.9 Å². The molecule has 5 nitrogen and oxygen atoms in total. The lowest BCUT2D eigenvalue weighted by Crippen LogP contribution is -2.34. The molecule has 2 aromatic carbocycles. The van der Waals surface area contributed by atoms with Gasteiger partial charge in [0.1, 0.15) is 11.6 Å². The molecule has 0 aliphatic heterocycles. The highest BCUT2D eigenvalue weighted by Gasteiger charge is 2.26. The highest BCUT2D eigenvalue weighted by molar-refractivity contribution is 5.89. The summed E-state index contributed by atoms with van der Waals surface area (Å²) in [5.74, 6) is -1.30. The smallest absolute Gasteiger partial charge is 0.319 e. The summed E-state index contributed by atoms with van der Waals surface area (Å²) in [6.45, 7) is 0. The van der Waals surface area contributed by atoms with Crippen LogP contribution < -0.4 is 10.6 Å². The van der Waals surface area contributed by atoms with E-state index in [4.69, 9.17) is 0 Å². The molecule has 1 aliphatic carbocycles. The number of carbonyl (C=O) groups is 1. The third-order valence-electron chi connectivity index (χ3n) is 4.61. The van der Waals surface area contributed by atoms with E-state index in [1.165, 1.54) is 12.1 Å². The molecule has 1 aromatic heterocycles. The Morgan fingerprint density at radius 2 is 1.85 bits per heavy atom. The summed E-state index contributed by atoms with van der Waals surface area (Å²) >= 11 is 0. The van der Waals surface area contributed by atoms with Crippen LogP contribution in [0.4, 0.5) is 19.3 Å². The molecule has 2 amide bonds. The van der Waals surface area contributed by atoms with Gasteiger partial charge in [0, 0.05) is 23.0 Å². The summed E-state index contributed by atoms with van der Waals surface area (Å²) in [6, 6.07) is 12.0. The minimum Gasteiger partial charge on any atom is -0.331 e. The molecule has 0 saturated carbocycles. The molecule has 1 atom stereocenters. The third kappa shape index (κ3) is 3.67. The maximum Gasteiger partial charge on any atom is 0.319 e. The largest absolute Gasteiger partial charge is 0.331 e. The minimum absolute atomic E-state index is 0.204. The molecule has 0 spiro atoms. The Kier molecular flexibility index (Phi) is 4.58. The van der Waals surface area contributed by atoms with Crippen LogP contribution in [-0.4, -0.2) is 15.8 Å². The van der Waals surface area contributed by atoms with Crippen molar-refractivity contribution < 1.29 is 13.6 Å². The van der Waals surface area contributed by atoms with Crippen LogP contribution in [0.1, 0.15) is 30.1 Å². The van der Waals surface area contributed by atoms with Gasteiger partial charge in [-0.15, -0.1) is 0 Å². The average molecular weight is 368 g/mol. The molecule has 2 N–H and O–H groups in total. The highest BCUT2D eigenvalue weighted by Crippen LogP contribution is 2.31. The fourth-order valence-electron chi connectivity index (χ4n) is 3.44. The van der Waals surface area contributed by atoms with Crippen LogP contribution in [0.3, 0.4) is 0 Å². The molecule has 0 bridgehead atoms. The predicted octanol–water partition coefficient (Wildman–Crippen LogP) is 4.35. The molecule has 3 aromatic rings. The Hall–Kier alpha value is -3.22. The van der Waals surface area contributed by atoms with E-state index >= 15 is 0 Å². The zero-order chi connectivity index (χ0) is 18.8. The van der Waals surface area contributed by atoms with Crippen molar-refractivity contribution in [3.05, 3.63) is 77.6 Å². The molecule has 1 aliphatic rings. The predicted molar refractivity (Wildman–Crippen MR) is 97.8 cm³/mol. The zero-order valence-corrected chi connectivity index (χ0v) is 14.5. The second kappa shape index (κ2) is 7.19. The second-order valence-electron chi connectivity index (χ2n) is 6.50. The Balaban J connectivity index is 1.56. The fourth-order valence-corrected chi connectivity index (χ4v) is 3.44. The second-order valence-corrected chi connectivity index (χ2v) is 6.50. The summed E-state index contributed by atoms with van der Waals surface area (Å²) in [5.41, 5.74) is 2.77. The number of aromatic nitrogens is 2. The van der Waals surface area contributed by atoms with E-state index < -0.39 is 11.6 Å². The molecule has 0 saturated heterocycles. The third-order valence-corrected chi connectivity index (χ3v) is 4.61. The van der Waals surface area contributed by atoms with Crippen LogP contribution >= 0.6 is 0 Å². The number of anilines is 1. The number of hydrogen-bond donors (Lipinski definition) is 2. The molecule has 4 rings (SSSR count). The van der Waals surface area contributed by atoms with Crippen LogP contribution in [-0.2, 0) is 6.42 Å². The van der Waals surface area contributed by atoms with Gasteiger partial charge >= 0.3 is 6.03 Å². The van der Waals surface area contributed by atoms with Gasteiger partial charge in [0.2, 0.25) is 0 Å². The van der Waals surface area contributed by atoms with Crippen LogP contribution in [0.25, 0.3) is 5.69 Å². The quantitative estimate of drug-likeness (QED) is 0.722. The van der Waals surface area contributed by atoms with Gasteiger partial charge < -0.3 is 10.6 Å². The van der Waals surface area contributed by atoms with Crippen molar-refractivity contribution in [2.45, 2.75) is 25.3 Å². The Bertz CT molecular complexity index is 951. The number of para-hydroxylation sites is 1. The van der Waals surface area contributed by atoms with Crippen LogP contribution in [0.5, 0.6) is 0 Å². The van der Waals surface area contributed by atoms with E-state index in [1.807, 2.05) is 30.3 Å². The minimum atomic E-state index is -0.651. The first kappa shape index (κ1) is 17.2. The lowest BCUT2D eigenvalue weighted by molar-refractivity contribution is 0.247. The standard InChI is InChI=1S/C20H18F2N4O/c21-13-9-14(22)11-16(10-13)26-19-8-4-7-18(17(19)12-23-26)25-20(27)24-15-5-2-1-3-6-15/h1-3,5-6,9-12,18H,4,7-8H2,(H2,24,25,27)/t18-/m0/s1. The molecule has 27 heavy (non-hydrogen) atoms. The number of nitrogens with zero attached hydrogens (tertiary/aromatic N) is 2. The number of urea groups is 1. The summed E-state index contributed by atoms with van der Waals surface area (Å²) < 4.78 is 28.7. The van der Waals surface area contributed by atoms with E-state index in [2.05, 4.69) is 15.7 Å². The van der Waals surface area contributed by atoms with Gasteiger partial charge in [-0.05, 0) is 43.5 Å². The van der Waals surface area contributed by atoms with Crippen LogP contribution in [0, 0.1) is 11.6 Å². The number of benzene rings is 2. The molecule has 0 radical (unpaired) electrons. The number of hydrogen-bond acceptors (Lipinski definition) is 2. The van der Waals surface area contributed by atoms with Gasteiger partial charge in [-0.25, -0.2) is 18.3 Å². The first-order valence-electron chi connectivity index (χ1n) is 8.76. The van der Waals surface area contributed by atoms with E-state index in [1.54, 1.807) is 10.9 Å². The number of fused-ring (bicyclic) bond motifs is 1. The van der Waals surface area contributed by atoms with Crippen molar-refractivity contribution in [2.24, 2.45) is 0 Å². The monoisotopic (exact) mass is 368 g/mol. The lowest BCUT2D eigenvalue weighted by Gasteiger charge is -2.24. The van der Waals surface area contributed by atoms with Gasteiger partial charge in [-0.1, -0.05) is 18.2 Å². The Morgan fingerprint density at radius 3 is 2.59 bits per heavy atom. The summed E-state index contributed by atoms with van der Waals surface area (Å²) in [5, 5.41) is 10.1. The molecular formula is C20H18F2N4O. The molecular weight excluding hydrogens is 350 g/mol. The number of carbonyl (C=O) groups excluding carboxylic acids is 1. The summed E-state index contributed by atoms with van der Waals surface area (Å²) in [4.78, 5) is 12.3. The maximum atomic E-state index is 13.6. The van der Waals surface area contributed by atoms with E-state index in [9.17, 15) is 13.6 Å². The first-order valence-corrected chi connectivity index (χ1v) is 8.76. The van der Waals surface area contributed by atoms with E-state index in [0.29, 0.717) is 11.4 Å². The SMILES string of the molecule is O=C(Nc1ccccc1)N[C@H]1CCCc2c1cnn2-c1cc(F)cc(F)c1. The van der Waals surface area contributed by atoms with Gasteiger partial charge in [-0.2, -0.15) is 5.10 Å². The van der Waals surface area contributed by atoms with Crippen molar-refractivity contribution in [1.29, 1.82) is 0 Å². The first-order chi connectivity index (χ1) is 13.1. The number of halogens is 2. The number of rotatable bonds is 3. The average Bonchev–Trinajstić information content (AvgIpc) is 3.07. The van der Waals surface area contributed by atoms with Crippen LogP contribution in [0.15, 0.2) is 54.7 Å². The van der Waals surface area contributed by atoms with Crippen molar-refractivity contribution in [2.75, 3.05) is 5.32 Å². The van der Waals surface area contributed by atoms with Gasteiger partial charge in [0.25, 0.3) is 0 Å². The highest BCUT2D eigenvalue weighted by atomic mass is 19.1. The van der Waals surface area contributed by atoms with Crippen molar-refractivity contribution >= 4 is 11.7 Å². The van der Waals surface area contributed by atoms with Gasteiger partial charge in [-0.3, -0.25) is 0 Å². The molecule has 0 fully saturated rings. The zero-order valence-electron chi connectivity index (χ0n) is 14.5. The number of nitrogens with one attached hydrogen (secondary N) is 2. The normalized spacial score (nSPS) is 15.9. The number of amides is 2. The van der Waals surface area contributed by atoms with Crippen molar-refractivity contribution in [3.8, 4) is 5.69 Å².